The van der Waals surface area contributed by atoms with Crippen molar-refractivity contribution in [3.63, 3.8) is 0 Å². The number of hydrogen-bond acceptors (Lipinski definition) is 2. The molecule has 0 heterocycles. The second-order valence-corrected chi connectivity index (χ2v) is 5.55. The van der Waals surface area contributed by atoms with E-state index in [0.29, 0.717) is 10.7 Å². The molecule has 0 spiro atoms. The van der Waals surface area contributed by atoms with Gasteiger partial charge in [0.05, 0.1) is 0 Å². The van der Waals surface area contributed by atoms with Crippen LogP contribution in [0.3, 0.4) is 0 Å². The molecule has 0 radical (unpaired) electrons. The highest BCUT2D eigenvalue weighted by Crippen LogP contribution is 2.32. The van der Waals surface area contributed by atoms with Crippen LogP contribution in [0.2, 0.25) is 5.02 Å². The number of hydrogen-bond donors (Lipinski definition) is 1. The number of aryl methyl sites for hydroxylation is 1. The van der Waals surface area contributed by atoms with Gasteiger partial charge in [-0.15, -0.1) is 0 Å². The molecular weight excluding hydrogens is 286 g/mol. The lowest BCUT2D eigenvalue weighted by Gasteiger charge is -2.25. The zero-order valence-electron chi connectivity index (χ0n) is 11.5. The first-order valence-electron chi connectivity index (χ1n) is 7.03. The molecule has 0 bridgehead atoms. The smallest absolute Gasteiger partial charge is 0.412 e. The van der Waals surface area contributed by atoms with Gasteiger partial charge in [-0.1, -0.05) is 35.9 Å². The van der Waals surface area contributed by atoms with Crippen molar-refractivity contribution in [1.29, 1.82) is 0 Å². The summed E-state index contributed by atoms with van der Waals surface area (Å²) >= 11 is 5.82. The minimum absolute atomic E-state index is 0.165. The fraction of sp³-hybridized carbons (Fsp3) is 0.235. The summed E-state index contributed by atoms with van der Waals surface area (Å²) in [6, 6.07) is 15.1. The van der Waals surface area contributed by atoms with Gasteiger partial charge in [-0.25, -0.2) is 4.79 Å². The van der Waals surface area contributed by atoms with E-state index in [-0.39, 0.29) is 6.10 Å². The maximum atomic E-state index is 12.0. The summed E-state index contributed by atoms with van der Waals surface area (Å²) in [5.41, 5.74) is 3.07. The number of amides is 1. The van der Waals surface area contributed by atoms with Crippen LogP contribution in [0.1, 0.15) is 30.1 Å². The first kappa shape index (κ1) is 14.0. The van der Waals surface area contributed by atoms with Crippen LogP contribution < -0.4 is 5.32 Å². The lowest BCUT2D eigenvalue weighted by atomic mass is 9.89. The Morgan fingerprint density at radius 2 is 1.90 bits per heavy atom. The van der Waals surface area contributed by atoms with Crippen molar-refractivity contribution < 1.29 is 9.53 Å². The molecular formula is C17H16ClNO2. The fourth-order valence-corrected chi connectivity index (χ4v) is 2.77. The highest BCUT2D eigenvalue weighted by atomic mass is 35.5. The molecule has 1 aliphatic rings. The lowest BCUT2D eigenvalue weighted by Crippen LogP contribution is -2.20. The highest BCUT2D eigenvalue weighted by Gasteiger charge is 2.23. The average Bonchev–Trinajstić information content (AvgIpc) is 2.50. The van der Waals surface area contributed by atoms with Crippen LogP contribution in [0.25, 0.3) is 0 Å². The molecule has 1 atom stereocenters. The molecule has 1 unspecified atom stereocenters. The van der Waals surface area contributed by atoms with Gasteiger partial charge in [0.25, 0.3) is 0 Å². The van der Waals surface area contributed by atoms with Gasteiger partial charge in [-0.05, 0) is 54.7 Å². The number of rotatable bonds is 2. The second-order valence-electron chi connectivity index (χ2n) is 5.12. The van der Waals surface area contributed by atoms with E-state index in [9.17, 15) is 4.79 Å². The van der Waals surface area contributed by atoms with E-state index in [1.165, 1.54) is 5.56 Å². The van der Waals surface area contributed by atoms with Gasteiger partial charge in [0.1, 0.15) is 6.10 Å². The summed E-state index contributed by atoms with van der Waals surface area (Å²) in [4.78, 5) is 12.0. The third-order valence-corrected chi connectivity index (χ3v) is 3.91. The molecule has 2 aromatic rings. The summed E-state index contributed by atoms with van der Waals surface area (Å²) < 4.78 is 5.57. The Balaban J connectivity index is 1.67. The predicted molar refractivity (Wildman–Crippen MR) is 83.7 cm³/mol. The molecule has 108 valence electrons. The second kappa shape index (κ2) is 6.19. The van der Waals surface area contributed by atoms with Crippen LogP contribution in [-0.4, -0.2) is 6.09 Å². The van der Waals surface area contributed by atoms with Crippen molar-refractivity contribution in [3.8, 4) is 0 Å². The van der Waals surface area contributed by atoms with E-state index in [1.54, 1.807) is 24.3 Å². The van der Waals surface area contributed by atoms with E-state index in [2.05, 4.69) is 11.4 Å². The van der Waals surface area contributed by atoms with Gasteiger partial charge in [0.2, 0.25) is 0 Å². The summed E-state index contributed by atoms with van der Waals surface area (Å²) in [5.74, 6) is 0. The van der Waals surface area contributed by atoms with E-state index in [0.717, 1.165) is 24.8 Å². The summed E-state index contributed by atoms with van der Waals surface area (Å²) in [6.07, 6.45) is 2.36. The molecule has 0 saturated heterocycles. The van der Waals surface area contributed by atoms with Crippen molar-refractivity contribution in [2.75, 3.05) is 5.32 Å². The maximum Gasteiger partial charge on any atom is 0.412 e. The monoisotopic (exact) mass is 301 g/mol. The number of anilines is 1. The molecule has 21 heavy (non-hydrogen) atoms. The summed E-state index contributed by atoms with van der Waals surface area (Å²) in [7, 11) is 0. The first-order valence-corrected chi connectivity index (χ1v) is 7.41. The molecule has 1 amide bonds. The van der Waals surface area contributed by atoms with Crippen LogP contribution in [0.15, 0.2) is 48.5 Å². The molecule has 0 fully saturated rings. The molecule has 0 aromatic heterocycles. The maximum absolute atomic E-state index is 12.0. The largest absolute Gasteiger partial charge is 0.441 e. The first-order chi connectivity index (χ1) is 10.2. The van der Waals surface area contributed by atoms with Gasteiger partial charge in [-0.3, -0.25) is 5.32 Å². The van der Waals surface area contributed by atoms with Crippen molar-refractivity contribution >= 4 is 23.4 Å². The van der Waals surface area contributed by atoms with Crippen LogP contribution in [0.4, 0.5) is 10.5 Å². The van der Waals surface area contributed by atoms with E-state index >= 15 is 0 Å². The van der Waals surface area contributed by atoms with Crippen molar-refractivity contribution in [3.05, 3.63) is 64.7 Å². The highest BCUT2D eigenvalue weighted by molar-refractivity contribution is 6.30. The minimum atomic E-state index is -0.431. The Labute approximate surface area is 128 Å². The Hall–Kier alpha value is -2.00. The van der Waals surface area contributed by atoms with E-state index in [1.807, 2.05) is 18.2 Å². The van der Waals surface area contributed by atoms with Gasteiger partial charge in [0.15, 0.2) is 0 Å². The molecule has 3 nitrogen and oxygen atoms in total. The Kier molecular flexibility index (Phi) is 4.11. The average molecular weight is 302 g/mol. The molecule has 2 aromatic carbocycles. The Morgan fingerprint density at radius 1 is 1.14 bits per heavy atom. The van der Waals surface area contributed by atoms with Crippen molar-refractivity contribution in [1.82, 2.24) is 0 Å². The van der Waals surface area contributed by atoms with Gasteiger partial charge in [0, 0.05) is 10.7 Å². The number of nitrogens with one attached hydrogen (secondary N) is 1. The lowest BCUT2D eigenvalue weighted by molar-refractivity contribution is 0.0999. The molecule has 1 aliphatic carbocycles. The van der Waals surface area contributed by atoms with Crippen molar-refractivity contribution in [2.45, 2.75) is 25.4 Å². The third-order valence-electron chi connectivity index (χ3n) is 3.65. The third kappa shape index (κ3) is 3.37. The quantitative estimate of drug-likeness (QED) is 0.851. The van der Waals surface area contributed by atoms with E-state index in [4.69, 9.17) is 16.3 Å². The van der Waals surface area contributed by atoms with Gasteiger partial charge >= 0.3 is 6.09 Å². The number of carbonyl (C=O) groups excluding carboxylic acids is 1. The predicted octanol–water partition coefficient (Wildman–Crippen LogP) is 4.97. The molecule has 4 heteroatoms. The minimum Gasteiger partial charge on any atom is -0.441 e. The number of benzene rings is 2. The number of carbonyl (C=O) groups is 1. The number of ether oxygens (including phenoxy) is 1. The zero-order chi connectivity index (χ0) is 14.7. The fourth-order valence-electron chi connectivity index (χ4n) is 2.64. The van der Waals surface area contributed by atoms with Crippen molar-refractivity contribution in [2.24, 2.45) is 0 Å². The Bertz CT molecular complexity index is 639. The number of halogens is 1. The standard InChI is InChI=1S/C17H16ClNO2/c18-13-8-10-14(11-9-13)19-17(20)21-16-7-3-5-12-4-1-2-6-15(12)16/h1-2,4,6,8-11,16H,3,5,7H2,(H,19,20). The van der Waals surface area contributed by atoms with Crippen LogP contribution in [0.5, 0.6) is 0 Å². The SMILES string of the molecule is O=C(Nc1ccc(Cl)cc1)OC1CCCc2ccccc21. The Morgan fingerprint density at radius 3 is 2.71 bits per heavy atom. The zero-order valence-corrected chi connectivity index (χ0v) is 12.3. The topological polar surface area (TPSA) is 38.3 Å². The molecule has 3 rings (SSSR count). The van der Waals surface area contributed by atoms with E-state index < -0.39 is 6.09 Å². The number of fused-ring (bicyclic) bond motifs is 1. The molecule has 0 saturated carbocycles. The van der Waals surface area contributed by atoms with Crippen LogP contribution in [0, 0.1) is 0 Å². The molecule has 0 aliphatic heterocycles. The molecule has 1 N–H and O–H groups in total. The van der Waals surface area contributed by atoms with Crippen LogP contribution >= 0.6 is 11.6 Å². The summed E-state index contributed by atoms with van der Waals surface area (Å²) in [6.45, 7) is 0. The van der Waals surface area contributed by atoms with Gasteiger partial charge in [-0.2, -0.15) is 0 Å². The summed E-state index contributed by atoms with van der Waals surface area (Å²) in [5, 5.41) is 3.36. The van der Waals surface area contributed by atoms with Crippen LogP contribution in [-0.2, 0) is 11.2 Å². The van der Waals surface area contributed by atoms with Gasteiger partial charge < -0.3 is 4.74 Å². The normalized spacial score (nSPS) is 16.9.